The quantitative estimate of drug-likeness (QED) is 0.746. The van der Waals surface area contributed by atoms with Crippen molar-refractivity contribution in [2.45, 2.75) is 32.0 Å². The molecule has 0 N–H and O–H groups in total. The lowest BCUT2D eigenvalue weighted by Gasteiger charge is -2.34. The van der Waals surface area contributed by atoms with Crippen LogP contribution in [-0.4, -0.2) is 74.4 Å². The normalized spacial score (nSPS) is 26.4. The molecule has 1 aromatic carbocycles. The van der Waals surface area contributed by atoms with Crippen molar-refractivity contribution in [1.29, 1.82) is 0 Å². The first-order chi connectivity index (χ1) is 14.1. The number of fused-ring (bicyclic) bond motifs is 3. The molecule has 3 fully saturated rings. The third-order valence-corrected chi connectivity index (χ3v) is 5.98. The van der Waals surface area contributed by atoms with E-state index in [4.69, 9.17) is 9.47 Å². The summed E-state index contributed by atoms with van der Waals surface area (Å²) in [6.45, 7) is 2.18. The monoisotopic (exact) mass is 410 g/mol. The Morgan fingerprint density at radius 1 is 1.10 bits per heavy atom. The number of ether oxygens (including phenoxy) is 3. The van der Waals surface area contributed by atoms with E-state index in [-0.39, 0.29) is 29.5 Å². The molecule has 3 saturated heterocycles. The number of rotatable bonds is 5. The molecular weight excluding hydrogens is 382 g/mol. The Labute approximate surface area is 169 Å². The van der Waals surface area contributed by atoms with Crippen molar-refractivity contribution in [1.82, 2.24) is 9.80 Å². The summed E-state index contributed by atoms with van der Waals surface area (Å²) in [5.41, 5.74) is 0.732. The molecule has 0 saturated carbocycles. The summed E-state index contributed by atoms with van der Waals surface area (Å²) in [6.07, 6.45) is 1.55. The number of alkyl halides is 2. The molecule has 0 spiro atoms. The van der Waals surface area contributed by atoms with Crippen LogP contribution in [0.1, 0.15) is 18.4 Å². The fourth-order valence-electron chi connectivity index (χ4n) is 4.60. The Morgan fingerprint density at radius 2 is 1.90 bits per heavy atom. The molecule has 8 heteroatoms. The topological polar surface area (TPSA) is 51.2 Å². The van der Waals surface area contributed by atoms with Gasteiger partial charge in [0.05, 0.1) is 19.3 Å². The molecule has 2 bridgehead atoms. The molecule has 0 unspecified atom stereocenters. The van der Waals surface area contributed by atoms with E-state index in [0.717, 1.165) is 24.9 Å². The minimum absolute atomic E-state index is 0.0247. The van der Waals surface area contributed by atoms with E-state index >= 15 is 0 Å². The van der Waals surface area contributed by atoms with Gasteiger partial charge >= 0.3 is 6.61 Å². The average Bonchev–Trinajstić information content (AvgIpc) is 3.00. The first-order valence-corrected chi connectivity index (χ1v) is 10.3. The zero-order chi connectivity index (χ0) is 20.2. The molecule has 1 amide bonds. The third-order valence-electron chi connectivity index (χ3n) is 5.98. The summed E-state index contributed by atoms with van der Waals surface area (Å²) in [7, 11) is 0. The van der Waals surface area contributed by atoms with Crippen molar-refractivity contribution in [3.05, 3.63) is 29.8 Å². The molecule has 1 aromatic rings. The molecule has 0 aliphatic carbocycles. The number of para-hydroxylation sites is 1. The molecule has 0 radical (unpaired) electrons. The van der Waals surface area contributed by atoms with Gasteiger partial charge in [0, 0.05) is 56.8 Å². The fourth-order valence-corrected chi connectivity index (χ4v) is 4.60. The van der Waals surface area contributed by atoms with Crippen LogP contribution in [0.4, 0.5) is 8.78 Å². The second-order valence-corrected chi connectivity index (χ2v) is 8.11. The molecule has 3 heterocycles. The van der Waals surface area contributed by atoms with Crippen LogP contribution in [0.3, 0.4) is 0 Å². The second-order valence-electron chi connectivity index (χ2n) is 8.11. The first-order valence-electron chi connectivity index (χ1n) is 10.3. The van der Waals surface area contributed by atoms with Gasteiger partial charge in [-0.15, -0.1) is 0 Å². The van der Waals surface area contributed by atoms with Crippen LogP contribution in [-0.2, 0) is 20.8 Å². The van der Waals surface area contributed by atoms with Crippen LogP contribution < -0.4 is 4.74 Å². The van der Waals surface area contributed by atoms with Gasteiger partial charge in [0.1, 0.15) is 5.75 Å². The highest BCUT2D eigenvalue weighted by molar-refractivity contribution is 5.79. The standard InChI is InChI=1S/C21H28F2N2O4/c22-21(23)29-19-4-2-1-3-17(19)11-24-9-15-10-25(18(12-24)14-28-13-15)20(26)16-5-7-27-8-6-16/h1-4,15-16,18,21H,5-14H2/t15-,18-/m0/s1. The Hall–Kier alpha value is -1.77. The number of hydrogen-bond donors (Lipinski definition) is 0. The van der Waals surface area contributed by atoms with Crippen LogP contribution in [0.5, 0.6) is 5.75 Å². The van der Waals surface area contributed by atoms with Crippen molar-refractivity contribution in [2.75, 3.05) is 46.1 Å². The smallest absolute Gasteiger partial charge is 0.387 e. The minimum atomic E-state index is -2.85. The average molecular weight is 410 g/mol. The van der Waals surface area contributed by atoms with Crippen molar-refractivity contribution in [2.24, 2.45) is 11.8 Å². The molecule has 3 aliphatic rings. The Morgan fingerprint density at radius 3 is 2.69 bits per heavy atom. The van der Waals surface area contributed by atoms with E-state index in [1.807, 2.05) is 17.0 Å². The lowest BCUT2D eigenvalue weighted by Crippen LogP contribution is -2.49. The van der Waals surface area contributed by atoms with Gasteiger partial charge in [-0.25, -0.2) is 0 Å². The molecule has 4 rings (SSSR count). The Balaban J connectivity index is 1.47. The number of halogens is 2. The van der Waals surface area contributed by atoms with Crippen LogP contribution >= 0.6 is 0 Å². The van der Waals surface area contributed by atoms with Gasteiger partial charge in [0.2, 0.25) is 5.91 Å². The first kappa shape index (κ1) is 20.5. The van der Waals surface area contributed by atoms with Crippen molar-refractivity contribution < 1.29 is 27.8 Å². The lowest BCUT2D eigenvalue weighted by atomic mass is 9.97. The zero-order valence-corrected chi connectivity index (χ0v) is 16.5. The van der Waals surface area contributed by atoms with Gasteiger partial charge in [-0.05, 0) is 18.9 Å². The minimum Gasteiger partial charge on any atom is -0.434 e. The van der Waals surface area contributed by atoms with E-state index in [9.17, 15) is 13.6 Å². The highest BCUT2D eigenvalue weighted by Gasteiger charge is 2.38. The molecule has 3 aliphatic heterocycles. The molecule has 2 atom stereocenters. The van der Waals surface area contributed by atoms with Crippen LogP contribution in [0.15, 0.2) is 24.3 Å². The number of benzene rings is 1. The molecule has 0 aromatic heterocycles. The SMILES string of the molecule is O=C(C1CCOCC1)N1C[C@H]2COC[C@@H]1CN(Cc1ccccc1OC(F)F)C2. The van der Waals surface area contributed by atoms with E-state index in [2.05, 4.69) is 9.64 Å². The molecule has 6 nitrogen and oxygen atoms in total. The van der Waals surface area contributed by atoms with Crippen LogP contribution in [0.2, 0.25) is 0 Å². The van der Waals surface area contributed by atoms with E-state index in [1.54, 1.807) is 12.1 Å². The summed E-state index contributed by atoms with van der Waals surface area (Å²) < 4.78 is 41.4. The zero-order valence-electron chi connectivity index (χ0n) is 16.5. The third kappa shape index (κ3) is 5.05. The summed E-state index contributed by atoms with van der Waals surface area (Å²) in [5, 5.41) is 0. The van der Waals surface area contributed by atoms with Gasteiger partial charge in [0.25, 0.3) is 0 Å². The van der Waals surface area contributed by atoms with E-state index in [0.29, 0.717) is 46.1 Å². The number of carbonyl (C=O) groups is 1. The molecular formula is C21H28F2N2O4. The Kier molecular flexibility index (Phi) is 6.62. The maximum atomic E-state index is 13.2. The second kappa shape index (κ2) is 9.36. The summed E-state index contributed by atoms with van der Waals surface area (Å²) >= 11 is 0. The summed E-state index contributed by atoms with van der Waals surface area (Å²) in [6, 6.07) is 6.89. The fraction of sp³-hybridized carbons (Fsp3) is 0.667. The maximum absolute atomic E-state index is 13.2. The largest absolute Gasteiger partial charge is 0.434 e. The Bertz CT molecular complexity index is 699. The van der Waals surface area contributed by atoms with Gasteiger partial charge in [0.15, 0.2) is 0 Å². The lowest BCUT2D eigenvalue weighted by molar-refractivity contribution is -0.141. The molecule has 29 heavy (non-hydrogen) atoms. The van der Waals surface area contributed by atoms with E-state index in [1.165, 1.54) is 0 Å². The predicted molar refractivity (Wildman–Crippen MR) is 102 cm³/mol. The van der Waals surface area contributed by atoms with Gasteiger partial charge in [-0.1, -0.05) is 18.2 Å². The summed E-state index contributed by atoms with van der Waals surface area (Å²) in [5.74, 6) is 0.645. The van der Waals surface area contributed by atoms with Gasteiger partial charge in [-0.3, -0.25) is 9.69 Å². The number of nitrogens with zero attached hydrogens (tertiary/aromatic N) is 2. The van der Waals surface area contributed by atoms with Crippen LogP contribution in [0.25, 0.3) is 0 Å². The van der Waals surface area contributed by atoms with Gasteiger partial charge < -0.3 is 19.1 Å². The number of carbonyl (C=O) groups excluding carboxylic acids is 1. The number of hydrogen-bond acceptors (Lipinski definition) is 5. The van der Waals surface area contributed by atoms with E-state index < -0.39 is 6.61 Å². The van der Waals surface area contributed by atoms with Crippen molar-refractivity contribution in [3.8, 4) is 5.75 Å². The summed E-state index contributed by atoms with van der Waals surface area (Å²) in [4.78, 5) is 17.4. The predicted octanol–water partition coefficient (Wildman–Crippen LogP) is 2.37. The highest BCUT2D eigenvalue weighted by atomic mass is 19.3. The highest BCUT2D eigenvalue weighted by Crippen LogP contribution is 2.28. The maximum Gasteiger partial charge on any atom is 0.387 e. The van der Waals surface area contributed by atoms with Gasteiger partial charge in [-0.2, -0.15) is 8.78 Å². The molecule has 160 valence electrons. The van der Waals surface area contributed by atoms with Crippen molar-refractivity contribution >= 4 is 5.91 Å². The van der Waals surface area contributed by atoms with Crippen molar-refractivity contribution in [3.63, 3.8) is 0 Å². The number of amides is 1. The van der Waals surface area contributed by atoms with Crippen LogP contribution in [0, 0.1) is 11.8 Å².